The van der Waals surface area contributed by atoms with Gasteiger partial charge in [0.2, 0.25) is 11.8 Å². The van der Waals surface area contributed by atoms with E-state index in [0.717, 1.165) is 57.7 Å². The van der Waals surface area contributed by atoms with E-state index in [0.29, 0.717) is 24.2 Å². The average molecular weight is 394 g/mol. The zero-order valence-electron chi connectivity index (χ0n) is 16.4. The smallest absolute Gasteiger partial charge is 0.230 e. The molecule has 1 aliphatic heterocycles. The van der Waals surface area contributed by atoms with Crippen molar-refractivity contribution in [1.29, 1.82) is 0 Å². The number of rotatable bonds is 6. The van der Waals surface area contributed by atoms with Gasteiger partial charge in [-0.05, 0) is 49.1 Å². The average Bonchev–Trinajstić information content (AvgIpc) is 2.74. The second-order valence-corrected chi connectivity index (χ2v) is 8.18. The molecular formula is C22H26N4O3. The summed E-state index contributed by atoms with van der Waals surface area (Å²) in [4.78, 5) is 11.1. The van der Waals surface area contributed by atoms with Gasteiger partial charge in [-0.25, -0.2) is 4.98 Å². The summed E-state index contributed by atoms with van der Waals surface area (Å²) in [6.45, 7) is 4.04. The highest BCUT2D eigenvalue weighted by Crippen LogP contribution is 2.54. The number of allylic oxidation sites excluding steroid dienone is 2. The van der Waals surface area contributed by atoms with Crippen LogP contribution in [0.2, 0.25) is 0 Å². The molecule has 0 radical (unpaired) electrons. The number of aromatic nitrogens is 2. The first kappa shape index (κ1) is 18.2. The lowest BCUT2D eigenvalue weighted by Gasteiger charge is -2.47. The van der Waals surface area contributed by atoms with E-state index in [9.17, 15) is 5.11 Å². The molecule has 2 fully saturated rings. The Kier molecular flexibility index (Phi) is 4.75. The highest BCUT2D eigenvalue weighted by Gasteiger charge is 2.46. The fraction of sp³-hybridized carbons (Fsp3) is 0.455. The second kappa shape index (κ2) is 7.55. The lowest BCUT2D eigenvalue weighted by Crippen LogP contribution is -2.41. The Hall–Kier alpha value is -2.80. The molecule has 2 aromatic rings. The molecule has 0 amide bonds. The second-order valence-electron chi connectivity index (χ2n) is 8.18. The van der Waals surface area contributed by atoms with E-state index in [1.54, 1.807) is 12.3 Å². The summed E-state index contributed by atoms with van der Waals surface area (Å²) in [6.07, 6.45) is 5.36. The number of morpholine rings is 1. The van der Waals surface area contributed by atoms with Crippen LogP contribution in [0.25, 0.3) is 0 Å². The van der Waals surface area contributed by atoms with Gasteiger partial charge in [-0.2, -0.15) is 4.98 Å². The van der Waals surface area contributed by atoms with Gasteiger partial charge < -0.3 is 24.8 Å². The highest BCUT2D eigenvalue weighted by atomic mass is 16.5. The van der Waals surface area contributed by atoms with Crippen LogP contribution in [0.1, 0.15) is 25.7 Å². The third kappa shape index (κ3) is 3.87. The van der Waals surface area contributed by atoms with Gasteiger partial charge in [0.05, 0.1) is 25.6 Å². The molecular weight excluding hydrogens is 368 g/mol. The maximum atomic E-state index is 9.78. The number of ether oxygens (including phenoxy) is 2. The SMILES string of the molecule is OC1=C2CC(COc3ccnc(Nc4ccc(N5CCOCC5)cc4)n3)(CC1)C2. The van der Waals surface area contributed by atoms with Gasteiger partial charge in [-0.1, -0.05) is 0 Å². The molecule has 1 saturated carbocycles. The van der Waals surface area contributed by atoms with E-state index in [2.05, 4.69) is 32.3 Å². The number of nitrogens with one attached hydrogen (secondary N) is 1. The minimum Gasteiger partial charge on any atom is -0.512 e. The van der Waals surface area contributed by atoms with Crippen LogP contribution in [0.5, 0.6) is 5.88 Å². The normalized spacial score (nSPS) is 20.2. The van der Waals surface area contributed by atoms with E-state index < -0.39 is 0 Å². The number of fused-ring (bicyclic) bond motifs is 2. The van der Waals surface area contributed by atoms with Crippen LogP contribution in [0.15, 0.2) is 47.9 Å². The van der Waals surface area contributed by atoms with Crippen molar-refractivity contribution in [2.75, 3.05) is 43.1 Å². The molecule has 2 N–H and O–H groups in total. The van der Waals surface area contributed by atoms with E-state index in [1.807, 2.05) is 12.1 Å². The fourth-order valence-corrected chi connectivity index (χ4v) is 4.38. The number of aliphatic hydroxyl groups excluding tert-OH is 1. The summed E-state index contributed by atoms with van der Waals surface area (Å²) in [7, 11) is 0. The number of benzene rings is 1. The molecule has 1 aromatic heterocycles. The van der Waals surface area contributed by atoms with Crippen molar-refractivity contribution >= 4 is 17.3 Å². The van der Waals surface area contributed by atoms with Crippen LogP contribution in [-0.2, 0) is 4.74 Å². The van der Waals surface area contributed by atoms with Crippen LogP contribution in [-0.4, -0.2) is 48.0 Å². The van der Waals surface area contributed by atoms with Crippen LogP contribution >= 0.6 is 0 Å². The summed E-state index contributed by atoms with van der Waals surface area (Å²) >= 11 is 0. The van der Waals surface area contributed by atoms with Gasteiger partial charge >= 0.3 is 0 Å². The topological polar surface area (TPSA) is 79.7 Å². The van der Waals surface area contributed by atoms with Crippen LogP contribution in [0.3, 0.4) is 0 Å². The molecule has 0 unspecified atom stereocenters. The van der Waals surface area contributed by atoms with Crippen LogP contribution in [0, 0.1) is 5.41 Å². The van der Waals surface area contributed by atoms with Crippen molar-refractivity contribution in [3.63, 3.8) is 0 Å². The molecule has 0 atom stereocenters. The summed E-state index contributed by atoms with van der Waals surface area (Å²) in [5, 5.41) is 13.0. The molecule has 2 heterocycles. The highest BCUT2D eigenvalue weighted by molar-refractivity contribution is 5.59. The molecule has 3 aliphatic carbocycles. The van der Waals surface area contributed by atoms with Gasteiger partial charge in [-0.15, -0.1) is 0 Å². The van der Waals surface area contributed by atoms with E-state index >= 15 is 0 Å². The zero-order valence-corrected chi connectivity index (χ0v) is 16.4. The molecule has 6 rings (SSSR count). The van der Waals surface area contributed by atoms with Gasteiger partial charge in [0.1, 0.15) is 0 Å². The molecule has 7 nitrogen and oxygen atoms in total. The van der Waals surface area contributed by atoms with Crippen molar-refractivity contribution in [3.8, 4) is 5.88 Å². The van der Waals surface area contributed by atoms with Crippen molar-refractivity contribution in [1.82, 2.24) is 9.97 Å². The summed E-state index contributed by atoms with van der Waals surface area (Å²) < 4.78 is 11.4. The number of anilines is 3. The largest absolute Gasteiger partial charge is 0.512 e. The van der Waals surface area contributed by atoms with Gasteiger partial charge in [0, 0.05) is 48.6 Å². The molecule has 0 spiro atoms. The Morgan fingerprint density at radius 2 is 1.93 bits per heavy atom. The molecule has 1 saturated heterocycles. The van der Waals surface area contributed by atoms with Crippen molar-refractivity contribution < 1.29 is 14.6 Å². The summed E-state index contributed by atoms with van der Waals surface area (Å²) in [5.41, 5.74) is 3.51. The van der Waals surface area contributed by atoms with Gasteiger partial charge in [-0.3, -0.25) is 0 Å². The predicted octanol–water partition coefficient (Wildman–Crippen LogP) is 3.82. The molecule has 29 heavy (non-hydrogen) atoms. The van der Waals surface area contributed by atoms with Crippen molar-refractivity contribution in [2.24, 2.45) is 5.41 Å². The minimum atomic E-state index is 0.176. The van der Waals surface area contributed by atoms with Crippen LogP contribution < -0.4 is 15.0 Å². The summed E-state index contributed by atoms with van der Waals surface area (Å²) in [5.74, 6) is 1.70. The molecule has 7 heteroatoms. The first-order valence-corrected chi connectivity index (χ1v) is 10.2. The van der Waals surface area contributed by atoms with Crippen LogP contribution in [0.4, 0.5) is 17.3 Å². The third-order valence-electron chi connectivity index (χ3n) is 6.13. The molecule has 152 valence electrons. The molecule has 2 bridgehead atoms. The lowest BCUT2D eigenvalue weighted by molar-refractivity contribution is 0.0620. The number of nitrogens with zero attached hydrogens (tertiary/aromatic N) is 3. The maximum Gasteiger partial charge on any atom is 0.230 e. The van der Waals surface area contributed by atoms with Gasteiger partial charge in [0.25, 0.3) is 0 Å². The van der Waals surface area contributed by atoms with E-state index in [4.69, 9.17) is 9.47 Å². The molecule has 4 aliphatic rings. The Morgan fingerprint density at radius 1 is 1.14 bits per heavy atom. The minimum absolute atomic E-state index is 0.176. The standard InChI is InChI=1S/C22H26N4O3/c27-19-5-7-22(13-16(19)14-22)15-29-20-6-8-23-21(25-20)24-17-1-3-18(4-2-17)26-9-11-28-12-10-26/h1-4,6,8,27H,5,7,9-15H2,(H,23,24,25). The third-order valence-corrected chi connectivity index (χ3v) is 6.13. The zero-order chi connectivity index (χ0) is 19.7. The van der Waals surface area contributed by atoms with Gasteiger partial charge in [0.15, 0.2) is 0 Å². The predicted molar refractivity (Wildman–Crippen MR) is 111 cm³/mol. The monoisotopic (exact) mass is 394 g/mol. The fourth-order valence-electron chi connectivity index (χ4n) is 4.38. The van der Waals surface area contributed by atoms with E-state index in [1.165, 1.54) is 11.3 Å². The van der Waals surface area contributed by atoms with Crippen molar-refractivity contribution in [3.05, 3.63) is 47.9 Å². The van der Waals surface area contributed by atoms with Crippen molar-refractivity contribution in [2.45, 2.75) is 25.7 Å². The number of aliphatic hydroxyl groups is 1. The maximum absolute atomic E-state index is 9.78. The Bertz CT molecular complexity index is 899. The molecule has 1 aromatic carbocycles. The number of hydrogen-bond acceptors (Lipinski definition) is 7. The number of hydrogen-bond donors (Lipinski definition) is 2. The lowest BCUT2D eigenvalue weighted by atomic mass is 9.59. The Labute approximate surface area is 170 Å². The first-order valence-electron chi connectivity index (χ1n) is 10.2. The Morgan fingerprint density at radius 3 is 2.66 bits per heavy atom. The van der Waals surface area contributed by atoms with E-state index in [-0.39, 0.29) is 5.41 Å². The summed E-state index contributed by atoms with van der Waals surface area (Å²) in [6, 6.07) is 10.1. The Balaban J connectivity index is 1.19. The quantitative estimate of drug-likeness (QED) is 0.771. The first-order chi connectivity index (χ1) is 14.2.